The minimum atomic E-state index is -0.871. The highest BCUT2D eigenvalue weighted by Gasteiger charge is 2.42. The quantitative estimate of drug-likeness (QED) is 0.157. The number of rotatable bonds is 12. The van der Waals surface area contributed by atoms with E-state index in [4.69, 9.17) is 9.47 Å². The Bertz CT molecular complexity index is 2030. The van der Waals surface area contributed by atoms with E-state index in [9.17, 15) is 24.0 Å². The van der Waals surface area contributed by atoms with Crippen molar-refractivity contribution in [1.29, 1.82) is 0 Å². The first kappa shape index (κ1) is 44.3. The molecule has 0 spiro atoms. The van der Waals surface area contributed by atoms with Crippen molar-refractivity contribution < 1.29 is 33.4 Å². The molecule has 318 valence electrons. The minimum absolute atomic E-state index is 0.131. The zero-order valence-corrected chi connectivity index (χ0v) is 35.7. The third-order valence-corrected chi connectivity index (χ3v) is 11.0. The number of benzene rings is 1. The monoisotopic (exact) mass is 813 g/mol. The van der Waals surface area contributed by atoms with E-state index in [1.54, 1.807) is 22.2 Å². The highest BCUT2D eigenvalue weighted by atomic mass is 16.5. The van der Waals surface area contributed by atoms with Gasteiger partial charge in [-0.2, -0.15) is 0 Å². The molecular weight excluding hydrogens is 755 g/mol. The number of nitrogens with one attached hydrogen (secondary N) is 5. The summed E-state index contributed by atoms with van der Waals surface area (Å²) in [5.74, 6) is 6.71. The maximum atomic E-state index is 14.1. The average molecular weight is 814 g/mol. The third-order valence-electron chi connectivity index (χ3n) is 11.0. The molecule has 2 aromatic heterocycles. The molecule has 2 saturated heterocycles. The molecule has 16 heteroatoms. The first-order chi connectivity index (χ1) is 28.0. The Morgan fingerprint density at radius 1 is 0.678 bits per heavy atom. The van der Waals surface area contributed by atoms with Gasteiger partial charge in [0, 0.05) is 18.7 Å². The van der Waals surface area contributed by atoms with Crippen molar-refractivity contribution in [3.8, 4) is 23.1 Å². The molecule has 2 fully saturated rings. The van der Waals surface area contributed by atoms with Gasteiger partial charge >= 0.3 is 12.2 Å². The molecular formula is C43H59N9O7. The van der Waals surface area contributed by atoms with Crippen LogP contribution in [-0.4, -0.2) is 105 Å². The summed E-state index contributed by atoms with van der Waals surface area (Å²) >= 11 is 0. The number of hydrogen-bond acceptors (Lipinski definition) is 9. The third kappa shape index (κ3) is 10.6. The number of aromatic amines is 2. The largest absolute Gasteiger partial charge is 0.453 e. The van der Waals surface area contributed by atoms with Crippen LogP contribution in [0.3, 0.4) is 0 Å². The van der Waals surface area contributed by atoms with Crippen molar-refractivity contribution in [1.82, 2.24) is 45.7 Å². The van der Waals surface area contributed by atoms with Gasteiger partial charge in [0.15, 0.2) is 0 Å². The van der Waals surface area contributed by atoms with Crippen LogP contribution in [0.2, 0.25) is 0 Å². The minimum Gasteiger partial charge on any atom is -0.453 e. The Morgan fingerprint density at radius 3 is 1.66 bits per heavy atom. The van der Waals surface area contributed by atoms with Crippen molar-refractivity contribution in [3.05, 3.63) is 59.6 Å². The number of ether oxygens (including phenoxy) is 2. The predicted octanol–water partition coefficient (Wildman–Crippen LogP) is 4.92. The second-order valence-electron chi connectivity index (χ2n) is 16.8. The fourth-order valence-electron chi connectivity index (χ4n) is 7.73. The van der Waals surface area contributed by atoms with E-state index in [1.165, 1.54) is 14.2 Å². The average Bonchev–Trinajstić information content (AvgIpc) is 4.03. The number of nitrogens with zero attached hydrogens (tertiary/aromatic N) is 4. The van der Waals surface area contributed by atoms with Crippen molar-refractivity contribution in [2.45, 2.75) is 98.4 Å². The topological polar surface area (TPSA) is 204 Å². The number of carbonyl (C=O) groups excluding carboxylic acids is 5. The lowest BCUT2D eigenvalue weighted by Gasteiger charge is -2.32. The SMILES string of the molecule is COC(=O)N[C@H](C(=O)N[C@H](C(=O)N1C[C@@H](C)C[C@H]1c1ncc(C#Cc2ccc(-c3cnc([C@@H]4C[C@H](C)CN4C(=O)[C@@H](NC(=O)OC)C(C)C)[nH]3)cc2)[nH]1)C(C)C)C(C)C. The number of carbonyl (C=O) groups is 5. The van der Waals surface area contributed by atoms with Crippen LogP contribution in [-0.2, 0) is 23.9 Å². The van der Waals surface area contributed by atoms with E-state index in [0.29, 0.717) is 36.9 Å². The summed E-state index contributed by atoms with van der Waals surface area (Å²) in [4.78, 5) is 84.6. The van der Waals surface area contributed by atoms with Crippen molar-refractivity contribution in [2.75, 3.05) is 27.3 Å². The molecule has 59 heavy (non-hydrogen) atoms. The first-order valence-electron chi connectivity index (χ1n) is 20.3. The Labute approximate surface area is 346 Å². The van der Waals surface area contributed by atoms with Crippen LogP contribution in [0.4, 0.5) is 9.59 Å². The molecule has 0 aliphatic carbocycles. The number of imidazole rings is 2. The summed E-state index contributed by atoms with van der Waals surface area (Å²) in [5, 5.41) is 8.16. The zero-order chi connectivity index (χ0) is 43.1. The van der Waals surface area contributed by atoms with Gasteiger partial charge in [0.2, 0.25) is 17.7 Å². The molecule has 2 aliphatic rings. The van der Waals surface area contributed by atoms with Crippen LogP contribution in [0.15, 0.2) is 36.7 Å². The Balaban J connectivity index is 1.25. The van der Waals surface area contributed by atoms with Crippen molar-refractivity contribution >= 4 is 29.9 Å². The van der Waals surface area contributed by atoms with Gasteiger partial charge in [-0.1, -0.05) is 73.4 Å². The Hall–Kier alpha value is -5.85. The van der Waals surface area contributed by atoms with Crippen LogP contribution in [0.25, 0.3) is 11.3 Å². The summed E-state index contributed by atoms with van der Waals surface area (Å²) in [6.07, 6.45) is 3.50. The molecule has 5 N–H and O–H groups in total. The van der Waals surface area contributed by atoms with Gasteiger partial charge in [0.1, 0.15) is 35.5 Å². The zero-order valence-electron chi connectivity index (χ0n) is 35.7. The highest BCUT2D eigenvalue weighted by molar-refractivity contribution is 5.92. The second-order valence-corrected chi connectivity index (χ2v) is 16.8. The molecule has 0 unspecified atom stereocenters. The molecule has 2 aliphatic heterocycles. The molecule has 5 rings (SSSR count). The van der Waals surface area contributed by atoms with Crippen molar-refractivity contribution in [2.24, 2.45) is 29.6 Å². The fourth-order valence-corrected chi connectivity index (χ4v) is 7.73. The molecule has 16 nitrogen and oxygen atoms in total. The Kier molecular flexibility index (Phi) is 14.5. The smallest absolute Gasteiger partial charge is 0.407 e. The molecule has 0 radical (unpaired) electrons. The molecule has 5 amide bonds. The van der Waals surface area contributed by atoms with Gasteiger partial charge in [0.25, 0.3) is 0 Å². The van der Waals surface area contributed by atoms with Crippen molar-refractivity contribution in [3.63, 3.8) is 0 Å². The van der Waals surface area contributed by atoms with E-state index >= 15 is 0 Å². The van der Waals surface area contributed by atoms with E-state index < -0.39 is 36.2 Å². The van der Waals surface area contributed by atoms with Gasteiger partial charge in [0.05, 0.1) is 44.4 Å². The molecule has 0 bridgehead atoms. The number of hydrogen-bond donors (Lipinski definition) is 5. The summed E-state index contributed by atoms with van der Waals surface area (Å²) in [6, 6.07) is 4.76. The second kappa shape index (κ2) is 19.3. The van der Waals surface area contributed by atoms with Crippen LogP contribution in [0.5, 0.6) is 0 Å². The maximum absolute atomic E-state index is 14.1. The summed E-state index contributed by atoms with van der Waals surface area (Å²) in [6.45, 7) is 16.4. The van der Waals surface area contributed by atoms with Crippen LogP contribution in [0.1, 0.15) is 103 Å². The predicted molar refractivity (Wildman–Crippen MR) is 220 cm³/mol. The van der Waals surface area contributed by atoms with E-state index in [0.717, 1.165) is 23.2 Å². The maximum Gasteiger partial charge on any atom is 0.407 e. The van der Waals surface area contributed by atoms with E-state index in [-0.39, 0.29) is 53.5 Å². The summed E-state index contributed by atoms with van der Waals surface area (Å²) < 4.78 is 9.47. The molecule has 0 saturated carbocycles. The number of alkyl carbamates (subject to hydrolysis) is 2. The van der Waals surface area contributed by atoms with Crippen LogP contribution in [0, 0.1) is 41.4 Å². The standard InChI is InChI=1S/C43H59N9O7/c1-23(2)34(49-42(56)58-9)39(53)48-35(24(3)4)40(54)51-21-26(7)17-32(51)37-44-19-30(46-37)16-13-28-11-14-29(15-12-28)31-20-45-38(47-31)33-18-27(8)22-52(33)41(55)36(25(5)6)50-43(57)59-10/h11-12,14-15,19-20,23-27,32-36H,17-18,21-22H2,1-10H3,(H,44,46)(H,45,47)(H,48,53)(H,49,56)(H,50,57)/t26-,27-,32-,33-,34-,35-,36-/m0/s1. The van der Waals surface area contributed by atoms with E-state index in [1.807, 2.05) is 65.8 Å². The number of methoxy groups -OCH3 is 2. The first-order valence-corrected chi connectivity index (χ1v) is 20.3. The lowest BCUT2D eigenvalue weighted by Crippen LogP contribution is -2.57. The molecule has 3 aromatic rings. The lowest BCUT2D eigenvalue weighted by molar-refractivity contribution is -0.139. The number of aromatic nitrogens is 4. The fraction of sp³-hybridized carbons (Fsp3) is 0.558. The number of amides is 5. The normalized spacial score (nSPS) is 20.5. The molecule has 7 atom stereocenters. The number of likely N-dealkylation sites (tertiary alicyclic amines) is 2. The summed E-state index contributed by atoms with van der Waals surface area (Å²) in [7, 11) is 2.51. The summed E-state index contributed by atoms with van der Waals surface area (Å²) in [5.41, 5.74) is 3.10. The lowest BCUT2D eigenvalue weighted by atomic mass is 9.99. The molecule has 1 aromatic carbocycles. The van der Waals surface area contributed by atoms with Gasteiger partial charge in [-0.25, -0.2) is 19.6 Å². The van der Waals surface area contributed by atoms with Crippen LogP contribution >= 0.6 is 0 Å². The molecule has 4 heterocycles. The van der Waals surface area contributed by atoms with Gasteiger partial charge in [-0.05, 0) is 66.0 Å². The van der Waals surface area contributed by atoms with Crippen LogP contribution < -0.4 is 16.0 Å². The Morgan fingerprint density at radius 2 is 1.15 bits per heavy atom. The van der Waals surface area contributed by atoms with Gasteiger partial charge < -0.3 is 45.2 Å². The van der Waals surface area contributed by atoms with Gasteiger partial charge in [-0.15, -0.1) is 0 Å². The highest BCUT2D eigenvalue weighted by Crippen LogP contribution is 2.37. The van der Waals surface area contributed by atoms with Gasteiger partial charge in [-0.3, -0.25) is 14.4 Å². The number of H-pyrrole nitrogens is 2. The van der Waals surface area contributed by atoms with E-state index in [2.05, 4.69) is 61.6 Å².